The van der Waals surface area contributed by atoms with Gasteiger partial charge in [-0.15, -0.1) is 11.3 Å². The van der Waals surface area contributed by atoms with Crippen LogP contribution in [0.3, 0.4) is 0 Å². The molecule has 0 N–H and O–H groups in total. The van der Waals surface area contributed by atoms with Crippen LogP contribution < -0.4 is 14.9 Å². The van der Waals surface area contributed by atoms with E-state index >= 15 is 0 Å². The van der Waals surface area contributed by atoms with Gasteiger partial charge in [0.1, 0.15) is 6.04 Å². The number of esters is 1. The number of hydrogen-bond donors (Lipinski definition) is 0. The van der Waals surface area contributed by atoms with Gasteiger partial charge < -0.3 is 4.74 Å². The van der Waals surface area contributed by atoms with Crippen LogP contribution >= 0.6 is 45.9 Å². The Kier molecular flexibility index (Phi) is 5.48. The molecule has 5 nitrogen and oxygen atoms in total. The zero-order valence-electron chi connectivity index (χ0n) is 15.3. The lowest BCUT2D eigenvalue weighted by Crippen LogP contribution is -2.39. The molecule has 0 aliphatic carbocycles. The van der Waals surface area contributed by atoms with E-state index in [0.717, 1.165) is 4.88 Å². The van der Waals surface area contributed by atoms with Gasteiger partial charge in [0.15, 0.2) is 4.80 Å². The van der Waals surface area contributed by atoms with Crippen molar-refractivity contribution in [1.29, 1.82) is 0 Å². The number of fused-ring (bicyclic) bond motifs is 1. The summed E-state index contributed by atoms with van der Waals surface area (Å²) >= 11 is 14.9. The zero-order chi connectivity index (χ0) is 20.7. The Morgan fingerprint density at radius 1 is 1.31 bits per heavy atom. The number of aromatic nitrogens is 1. The van der Waals surface area contributed by atoms with Gasteiger partial charge in [0, 0.05) is 14.9 Å². The van der Waals surface area contributed by atoms with Crippen molar-refractivity contribution in [2.24, 2.45) is 4.99 Å². The second-order valence-corrected chi connectivity index (χ2v) is 9.09. The lowest BCUT2D eigenvalue weighted by atomic mass is 10.0. The van der Waals surface area contributed by atoms with Crippen LogP contribution in [0, 0.1) is 0 Å². The minimum atomic E-state index is -0.582. The number of thiophene rings is 1. The molecule has 3 heterocycles. The maximum atomic E-state index is 13.3. The molecular formula is C20H14Cl2N2O3S2. The average Bonchev–Trinajstić information content (AvgIpc) is 3.31. The molecule has 0 saturated heterocycles. The molecular weight excluding hydrogens is 451 g/mol. The number of nitrogens with zero attached hydrogens (tertiary/aromatic N) is 2. The van der Waals surface area contributed by atoms with E-state index in [2.05, 4.69) is 4.99 Å². The van der Waals surface area contributed by atoms with E-state index in [1.54, 1.807) is 35.8 Å². The first kappa shape index (κ1) is 20.1. The first-order valence-electron chi connectivity index (χ1n) is 8.50. The molecule has 0 radical (unpaired) electrons. The van der Waals surface area contributed by atoms with Crippen LogP contribution in [0.2, 0.25) is 10.0 Å². The Hall–Kier alpha value is -2.19. The Morgan fingerprint density at radius 3 is 2.76 bits per heavy atom. The molecule has 1 aliphatic heterocycles. The second-order valence-electron chi connectivity index (χ2n) is 6.25. The molecule has 1 aromatic carbocycles. The van der Waals surface area contributed by atoms with E-state index < -0.39 is 12.0 Å². The summed E-state index contributed by atoms with van der Waals surface area (Å²) in [6.07, 6.45) is 1.71. The molecule has 0 amide bonds. The number of carbonyl (C=O) groups excluding carboxylic acids is 1. The quantitative estimate of drug-likeness (QED) is 0.554. The van der Waals surface area contributed by atoms with Crippen molar-refractivity contribution < 1.29 is 9.53 Å². The van der Waals surface area contributed by atoms with Crippen LogP contribution in [0.5, 0.6) is 0 Å². The van der Waals surface area contributed by atoms with E-state index in [1.807, 2.05) is 17.5 Å². The van der Waals surface area contributed by atoms with E-state index in [-0.39, 0.29) is 5.56 Å². The summed E-state index contributed by atoms with van der Waals surface area (Å²) in [6.45, 7) is 1.75. The molecule has 9 heteroatoms. The number of ether oxygens (including phenoxy) is 1. The lowest BCUT2D eigenvalue weighted by molar-refractivity contribution is -0.136. The Bertz CT molecular complexity index is 1320. The standard InChI is InChI=1S/C20H14Cl2N2O3S2/c1-10-16(19(26)27-2)17(14-4-3-7-28-14)24-18(25)15(29-20(24)23-10)8-11-5-6-12(21)9-13(11)22/h3-9,17H,1-2H3/t17-/m0/s1. The highest BCUT2D eigenvalue weighted by atomic mass is 35.5. The summed E-state index contributed by atoms with van der Waals surface area (Å²) in [4.78, 5) is 31.7. The summed E-state index contributed by atoms with van der Waals surface area (Å²) in [5.41, 5.74) is 1.33. The van der Waals surface area contributed by atoms with Gasteiger partial charge in [-0.3, -0.25) is 9.36 Å². The lowest BCUT2D eigenvalue weighted by Gasteiger charge is -2.22. The van der Waals surface area contributed by atoms with Crippen LogP contribution in [0.4, 0.5) is 0 Å². The highest BCUT2D eigenvalue weighted by molar-refractivity contribution is 7.10. The fourth-order valence-corrected chi connectivity index (χ4v) is 5.49. The van der Waals surface area contributed by atoms with Crippen molar-refractivity contribution >= 4 is 57.9 Å². The Balaban J connectivity index is 1.97. The molecule has 148 valence electrons. The third-order valence-corrected chi connectivity index (χ3v) is 6.96. The van der Waals surface area contributed by atoms with Crippen molar-refractivity contribution in [2.45, 2.75) is 13.0 Å². The molecule has 1 aliphatic rings. The number of rotatable bonds is 3. The van der Waals surface area contributed by atoms with Crippen molar-refractivity contribution in [2.75, 3.05) is 7.11 Å². The van der Waals surface area contributed by atoms with Crippen LogP contribution in [0.1, 0.15) is 23.4 Å². The maximum absolute atomic E-state index is 13.3. The summed E-state index contributed by atoms with van der Waals surface area (Å²) in [7, 11) is 1.32. The van der Waals surface area contributed by atoms with Gasteiger partial charge >= 0.3 is 5.97 Å². The van der Waals surface area contributed by atoms with Gasteiger partial charge in [-0.1, -0.05) is 46.7 Å². The minimum Gasteiger partial charge on any atom is -0.466 e. The van der Waals surface area contributed by atoms with Crippen LogP contribution in [-0.4, -0.2) is 17.6 Å². The van der Waals surface area contributed by atoms with Crippen LogP contribution in [0.15, 0.2) is 56.8 Å². The van der Waals surface area contributed by atoms with Gasteiger partial charge in [0.05, 0.1) is 22.9 Å². The monoisotopic (exact) mass is 464 g/mol. The van der Waals surface area contributed by atoms with Crippen molar-refractivity contribution in [3.63, 3.8) is 0 Å². The van der Waals surface area contributed by atoms with Gasteiger partial charge in [0.2, 0.25) is 0 Å². The number of methoxy groups -OCH3 is 1. The Labute approximate surface area is 183 Å². The van der Waals surface area contributed by atoms with Crippen molar-refractivity contribution in [3.8, 4) is 0 Å². The first-order chi connectivity index (χ1) is 13.9. The number of carbonyl (C=O) groups is 1. The van der Waals surface area contributed by atoms with E-state index in [0.29, 0.717) is 36.2 Å². The normalized spacial score (nSPS) is 16.6. The average molecular weight is 465 g/mol. The highest BCUT2D eigenvalue weighted by Crippen LogP contribution is 2.33. The van der Waals surface area contributed by atoms with Crippen LogP contribution in [-0.2, 0) is 9.53 Å². The van der Waals surface area contributed by atoms with Crippen molar-refractivity contribution in [1.82, 2.24) is 4.57 Å². The molecule has 4 rings (SSSR count). The minimum absolute atomic E-state index is 0.243. The van der Waals surface area contributed by atoms with E-state index in [9.17, 15) is 9.59 Å². The predicted molar refractivity (Wildman–Crippen MR) is 117 cm³/mol. The summed E-state index contributed by atoms with van der Waals surface area (Å²) in [5.74, 6) is -0.500. The van der Waals surface area contributed by atoms with Gasteiger partial charge in [0.25, 0.3) is 5.56 Å². The molecule has 29 heavy (non-hydrogen) atoms. The Morgan fingerprint density at radius 2 is 2.10 bits per heavy atom. The maximum Gasteiger partial charge on any atom is 0.338 e. The SMILES string of the molecule is COC(=O)C1=C(C)N=c2sc(=Cc3ccc(Cl)cc3Cl)c(=O)n2[C@H]1c1cccs1. The summed E-state index contributed by atoms with van der Waals surface area (Å²) in [6, 6.07) is 8.29. The smallest absolute Gasteiger partial charge is 0.338 e. The number of hydrogen-bond acceptors (Lipinski definition) is 6. The van der Waals surface area contributed by atoms with Crippen molar-refractivity contribution in [3.05, 3.63) is 87.2 Å². The number of allylic oxidation sites excluding steroid dienone is 1. The molecule has 0 unspecified atom stereocenters. The van der Waals surface area contributed by atoms with Gasteiger partial charge in [-0.2, -0.15) is 0 Å². The molecule has 3 aromatic rings. The third-order valence-electron chi connectivity index (χ3n) is 4.49. The molecule has 0 fully saturated rings. The third kappa shape index (κ3) is 3.59. The van der Waals surface area contributed by atoms with E-state index in [1.165, 1.54) is 29.8 Å². The second kappa shape index (κ2) is 7.91. The fourth-order valence-electron chi connectivity index (χ4n) is 3.17. The number of benzene rings is 1. The topological polar surface area (TPSA) is 60.7 Å². The largest absolute Gasteiger partial charge is 0.466 e. The molecule has 2 aromatic heterocycles. The first-order valence-corrected chi connectivity index (χ1v) is 10.9. The molecule has 0 saturated carbocycles. The zero-order valence-corrected chi connectivity index (χ0v) is 18.5. The van der Waals surface area contributed by atoms with Gasteiger partial charge in [-0.25, -0.2) is 9.79 Å². The summed E-state index contributed by atoms with van der Waals surface area (Å²) in [5, 5.41) is 2.87. The highest BCUT2D eigenvalue weighted by Gasteiger charge is 2.33. The van der Waals surface area contributed by atoms with E-state index in [4.69, 9.17) is 27.9 Å². The molecule has 0 bridgehead atoms. The van der Waals surface area contributed by atoms with Gasteiger partial charge in [-0.05, 0) is 42.1 Å². The molecule has 0 spiro atoms. The fraction of sp³-hybridized carbons (Fsp3) is 0.150. The van der Waals surface area contributed by atoms with Crippen LogP contribution in [0.25, 0.3) is 6.08 Å². The number of thiazole rings is 1. The predicted octanol–water partition coefficient (Wildman–Crippen LogP) is 3.78. The number of halogens is 2. The molecule has 1 atom stereocenters. The summed E-state index contributed by atoms with van der Waals surface area (Å²) < 4.78 is 6.98.